The van der Waals surface area contributed by atoms with Crippen LogP contribution in [0.2, 0.25) is 0 Å². The third kappa shape index (κ3) is 7.56. The Morgan fingerprint density at radius 1 is 1.26 bits per heavy atom. The molecule has 0 aliphatic heterocycles. The lowest BCUT2D eigenvalue weighted by Gasteiger charge is -2.29. The highest BCUT2D eigenvalue weighted by Gasteiger charge is 2.41. The summed E-state index contributed by atoms with van der Waals surface area (Å²) in [5.41, 5.74) is 0. The van der Waals surface area contributed by atoms with Gasteiger partial charge < -0.3 is 19.1 Å². The number of hydrogen-bond donors (Lipinski definition) is 2. The Bertz CT molecular complexity index is 643. The highest BCUT2D eigenvalue weighted by atomic mass is 31.2. The number of alkyl halides is 1. The molecule has 8 nitrogen and oxygen atoms in total. The number of nitrogens with one attached hydrogen (secondary N) is 1. The molecule has 0 aliphatic carbocycles. The number of esters is 1. The lowest BCUT2D eigenvalue weighted by Crippen LogP contribution is -2.43. The Balaban J connectivity index is 2.98. The first-order chi connectivity index (χ1) is 12.5. The second-order valence-electron chi connectivity index (χ2n) is 6.18. The molecule has 27 heavy (non-hydrogen) atoms. The number of aliphatic hydroxyl groups is 1. The van der Waals surface area contributed by atoms with Gasteiger partial charge in [-0.15, -0.1) is 0 Å². The minimum Gasteiger partial charge on any atom is -0.462 e. The van der Waals surface area contributed by atoms with Crippen LogP contribution in [0.3, 0.4) is 0 Å². The SMILES string of the molecule is CO[C@](F)(COP(=O)(NC(C)C(=O)OC(C)C)Oc1ccccc1)[C@H](C)O. The summed E-state index contributed by atoms with van der Waals surface area (Å²) in [5.74, 6) is -3.12. The molecule has 2 unspecified atom stereocenters. The highest BCUT2D eigenvalue weighted by Crippen LogP contribution is 2.46. The molecule has 0 bridgehead atoms. The van der Waals surface area contributed by atoms with Crippen LogP contribution in [0.15, 0.2) is 30.3 Å². The monoisotopic (exact) mass is 407 g/mol. The van der Waals surface area contributed by atoms with E-state index in [2.05, 4.69) is 9.82 Å². The number of benzene rings is 1. The summed E-state index contributed by atoms with van der Waals surface area (Å²) >= 11 is 0. The fourth-order valence-corrected chi connectivity index (χ4v) is 3.36. The maximum Gasteiger partial charge on any atom is 0.459 e. The first kappa shape index (κ1) is 23.5. The summed E-state index contributed by atoms with van der Waals surface area (Å²) in [6.07, 6.45) is -1.93. The minimum absolute atomic E-state index is 0.177. The van der Waals surface area contributed by atoms with Crippen molar-refractivity contribution >= 4 is 13.7 Å². The molecule has 0 aliphatic rings. The average Bonchev–Trinajstić information content (AvgIpc) is 2.59. The summed E-state index contributed by atoms with van der Waals surface area (Å²) in [4.78, 5) is 12.0. The molecule has 0 saturated carbocycles. The molecule has 0 heterocycles. The largest absolute Gasteiger partial charge is 0.462 e. The van der Waals surface area contributed by atoms with E-state index in [0.29, 0.717) is 0 Å². The molecule has 0 radical (unpaired) electrons. The number of methoxy groups -OCH3 is 1. The van der Waals surface area contributed by atoms with E-state index in [-0.39, 0.29) is 11.9 Å². The standard InChI is InChI=1S/C17H27FNO7P/c1-12(2)25-16(21)13(3)19-27(22,26-15-9-7-6-8-10-15)24-11-17(18,23-5)14(4)20/h6-10,12-14,20H,11H2,1-5H3,(H,19,22)/t13?,14-,17+,27?/m0/s1. The van der Waals surface area contributed by atoms with Gasteiger partial charge in [-0.2, -0.15) is 5.09 Å². The van der Waals surface area contributed by atoms with Crippen molar-refractivity contribution in [2.45, 2.75) is 51.8 Å². The Hall–Kier alpha value is -1.51. The first-order valence-electron chi connectivity index (χ1n) is 8.41. The summed E-state index contributed by atoms with van der Waals surface area (Å²) in [7, 11) is -3.19. The van der Waals surface area contributed by atoms with Crippen LogP contribution in [0.4, 0.5) is 4.39 Å². The number of aliphatic hydroxyl groups excluding tert-OH is 1. The molecular formula is C17H27FNO7P. The highest BCUT2D eigenvalue weighted by molar-refractivity contribution is 7.52. The van der Waals surface area contributed by atoms with Crippen LogP contribution in [-0.4, -0.2) is 48.9 Å². The van der Waals surface area contributed by atoms with E-state index in [1.54, 1.807) is 32.0 Å². The zero-order valence-electron chi connectivity index (χ0n) is 16.0. The predicted octanol–water partition coefficient (Wildman–Crippen LogP) is 2.81. The molecule has 1 aromatic carbocycles. The molecule has 4 atom stereocenters. The summed E-state index contributed by atoms with van der Waals surface area (Å²) in [6.45, 7) is 5.00. The molecule has 1 rings (SSSR count). The normalized spacial score (nSPS) is 18.2. The van der Waals surface area contributed by atoms with Crippen molar-refractivity contribution in [2.75, 3.05) is 13.7 Å². The van der Waals surface area contributed by atoms with E-state index >= 15 is 0 Å². The van der Waals surface area contributed by atoms with Gasteiger partial charge in [-0.1, -0.05) is 18.2 Å². The van der Waals surface area contributed by atoms with Crippen LogP contribution in [0.25, 0.3) is 0 Å². The Morgan fingerprint density at radius 2 is 1.85 bits per heavy atom. The van der Waals surface area contributed by atoms with Gasteiger partial charge in [0.15, 0.2) is 0 Å². The second-order valence-corrected chi connectivity index (χ2v) is 7.87. The fourth-order valence-electron chi connectivity index (χ4n) is 1.86. The quantitative estimate of drug-likeness (QED) is 0.426. The lowest BCUT2D eigenvalue weighted by molar-refractivity contribution is -0.202. The van der Waals surface area contributed by atoms with E-state index in [1.807, 2.05) is 0 Å². The van der Waals surface area contributed by atoms with Gasteiger partial charge >= 0.3 is 13.7 Å². The van der Waals surface area contributed by atoms with E-state index in [1.165, 1.54) is 19.1 Å². The van der Waals surface area contributed by atoms with E-state index in [4.69, 9.17) is 13.8 Å². The molecule has 0 saturated heterocycles. The third-order valence-corrected chi connectivity index (χ3v) is 5.04. The number of rotatable bonds is 11. The predicted molar refractivity (Wildman–Crippen MR) is 97.0 cm³/mol. The smallest absolute Gasteiger partial charge is 0.459 e. The molecule has 0 aromatic heterocycles. The summed E-state index contributed by atoms with van der Waals surface area (Å²) in [6, 6.07) is 6.97. The fraction of sp³-hybridized carbons (Fsp3) is 0.588. The second kappa shape index (κ2) is 10.1. The van der Waals surface area contributed by atoms with Crippen LogP contribution in [0.1, 0.15) is 27.7 Å². The number of carbonyl (C=O) groups is 1. The van der Waals surface area contributed by atoms with Crippen molar-refractivity contribution in [1.82, 2.24) is 5.09 Å². The molecule has 0 spiro atoms. The zero-order chi connectivity index (χ0) is 20.7. The molecular weight excluding hydrogens is 380 g/mol. The Labute approximate surface area is 158 Å². The Kier molecular flexibility index (Phi) is 8.84. The Morgan fingerprint density at radius 3 is 2.33 bits per heavy atom. The van der Waals surface area contributed by atoms with E-state index < -0.39 is 38.3 Å². The van der Waals surface area contributed by atoms with Gasteiger partial charge in [0, 0.05) is 7.11 Å². The first-order valence-corrected chi connectivity index (χ1v) is 9.95. The van der Waals surface area contributed by atoms with E-state index in [9.17, 15) is 18.9 Å². The maximum absolute atomic E-state index is 14.5. The van der Waals surface area contributed by atoms with Crippen LogP contribution >= 0.6 is 7.75 Å². The topological polar surface area (TPSA) is 103 Å². The molecule has 0 fully saturated rings. The lowest BCUT2D eigenvalue weighted by atomic mass is 10.2. The van der Waals surface area contributed by atoms with Crippen LogP contribution in [0, 0.1) is 0 Å². The van der Waals surface area contributed by atoms with Crippen LogP contribution in [0.5, 0.6) is 5.75 Å². The van der Waals surface area contributed by atoms with Gasteiger partial charge in [0.2, 0.25) is 0 Å². The van der Waals surface area contributed by atoms with Gasteiger partial charge in [0.25, 0.3) is 5.85 Å². The summed E-state index contributed by atoms with van der Waals surface area (Å²) < 4.78 is 47.7. The summed E-state index contributed by atoms with van der Waals surface area (Å²) in [5, 5.41) is 11.9. The molecule has 2 N–H and O–H groups in total. The van der Waals surface area contributed by atoms with Crippen molar-refractivity contribution in [1.29, 1.82) is 0 Å². The van der Waals surface area contributed by atoms with Gasteiger partial charge in [-0.05, 0) is 39.8 Å². The zero-order valence-corrected chi connectivity index (χ0v) is 16.9. The van der Waals surface area contributed by atoms with Gasteiger partial charge in [-0.3, -0.25) is 9.32 Å². The van der Waals surface area contributed by atoms with E-state index in [0.717, 1.165) is 14.0 Å². The van der Waals surface area contributed by atoms with Crippen LogP contribution < -0.4 is 9.61 Å². The van der Waals surface area contributed by atoms with Crippen LogP contribution in [-0.2, 0) is 23.4 Å². The molecule has 10 heteroatoms. The van der Waals surface area contributed by atoms with Crippen molar-refractivity contribution in [2.24, 2.45) is 0 Å². The van der Waals surface area contributed by atoms with Crippen molar-refractivity contribution < 1.29 is 37.4 Å². The number of carbonyl (C=O) groups excluding carboxylic acids is 1. The van der Waals surface area contributed by atoms with Gasteiger partial charge in [0.1, 0.15) is 24.5 Å². The van der Waals surface area contributed by atoms with Crippen molar-refractivity contribution in [3.63, 3.8) is 0 Å². The number of para-hydroxylation sites is 1. The molecule has 1 aromatic rings. The molecule has 154 valence electrons. The van der Waals surface area contributed by atoms with Gasteiger partial charge in [-0.25, -0.2) is 8.96 Å². The number of ether oxygens (including phenoxy) is 2. The van der Waals surface area contributed by atoms with Crippen molar-refractivity contribution in [3.05, 3.63) is 30.3 Å². The number of hydrogen-bond acceptors (Lipinski definition) is 7. The van der Waals surface area contributed by atoms with Gasteiger partial charge in [0.05, 0.1) is 6.10 Å². The van der Waals surface area contributed by atoms with Crippen molar-refractivity contribution in [3.8, 4) is 5.75 Å². The molecule has 0 amide bonds. The maximum atomic E-state index is 14.5. The third-order valence-electron chi connectivity index (χ3n) is 3.42. The number of halogens is 1. The average molecular weight is 407 g/mol. The minimum atomic E-state index is -4.23.